The van der Waals surface area contributed by atoms with Crippen molar-refractivity contribution in [3.05, 3.63) is 30.1 Å². The van der Waals surface area contributed by atoms with Crippen molar-refractivity contribution in [3.8, 4) is 0 Å². The topological polar surface area (TPSA) is 37.3 Å². The molecule has 4 heteroatoms. The molecule has 1 aromatic carbocycles. The Bertz CT molecular complexity index is 238. The van der Waals surface area contributed by atoms with Gasteiger partial charge in [0, 0.05) is 6.42 Å². The monoisotopic (exact) mass is 192 g/mol. The third kappa shape index (κ3) is 7.96. The number of aliphatic carboxylic acids is 1. The van der Waals surface area contributed by atoms with Crippen LogP contribution in [0.15, 0.2) is 24.3 Å². The first kappa shape index (κ1) is 12.6. The molecule has 0 bridgehead atoms. The molecule has 0 aromatic heterocycles. The molecule has 0 spiro atoms. The van der Waals surface area contributed by atoms with Crippen LogP contribution in [0.5, 0.6) is 0 Å². The van der Waals surface area contributed by atoms with Crippen molar-refractivity contribution in [3.63, 3.8) is 0 Å². The molecule has 0 heterocycles. The molecule has 0 unspecified atom stereocenters. The van der Waals surface area contributed by atoms with E-state index in [0.717, 1.165) is 27.9 Å². The van der Waals surface area contributed by atoms with Crippen molar-refractivity contribution in [2.24, 2.45) is 0 Å². The van der Waals surface area contributed by atoms with Gasteiger partial charge in [0.25, 0.3) is 0 Å². The maximum atomic E-state index is 12.1. The molecule has 0 radical (unpaired) electrons. The Morgan fingerprint density at radius 1 is 1.46 bits per heavy atom. The number of halogens is 1. The van der Waals surface area contributed by atoms with Crippen molar-refractivity contribution < 1.29 is 14.3 Å². The molecule has 1 rings (SSSR count). The number of hydrogen-bond acceptors (Lipinski definition) is 1. The van der Waals surface area contributed by atoms with Gasteiger partial charge in [0.15, 0.2) is 0 Å². The van der Waals surface area contributed by atoms with Gasteiger partial charge in [-0.2, -0.15) is 0 Å². The molecule has 0 saturated heterocycles. The van der Waals surface area contributed by atoms with Gasteiger partial charge in [-0.25, -0.2) is 0 Å². The fourth-order valence-electron chi connectivity index (χ4n) is 0.533. The van der Waals surface area contributed by atoms with Crippen molar-refractivity contribution >= 4 is 36.7 Å². The van der Waals surface area contributed by atoms with Gasteiger partial charge in [0.2, 0.25) is 0 Å². The summed E-state index contributed by atoms with van der Waals surface area (Å²) in [4.78, 5) is 9.37. The van der Waals surface area contributed by atoms with Gasteiger partial charge in [0.1, 0.15) is 0 Å². The summed E-state index contributed by atoms with van der Waals surface area (Å²) < 4.78 is 13.3. The molecule has 0 aliphatic carbocycles. The standard InChI is InChI=1S/C6H4F.C3H6O2.Na/c7-6-4-2-1-3-5-6;1-2-3(4)5;/h2-5H;2H2,1H3,(H,4,5);. The second-order valence-electron chi connectivity index (χ2n) is 2.54. The normalized spacial score (nSPS) is 8.62. The van der Waals surface area contributed by atoms with Gasteiger partial charge in [-0.3, -0.25) is 4.79 Å². The van der Waals surface area contributed by atoms with Gasteiger partial charge in [0.05, 0.1) is 0 Å². The predicted octanol–water partition coefficient (Wildman–Crippen LogP) is 1.10. The van der Waals surface area contributed by atoms with Crippen LogP contribution in [-0.4, -0.2) is 39.0 Å². The Kier molecular flexibility index (Phi) is 6.86. The van der Waals surface area contributed by atoms with Gasteiger partial charge in [-0.15, -0.1) is 0 Å². The van der Waals surface area contributed by atoms with Crippen LogP contribution in [0, 0.1) is 5.82 Å². The van der Waals surface area contributed by atoms with Crippen LogP contribution in [0.3, 0.4) is 0 Å². The molecule has 1 aromatic rings. The van der Waals surface area contributed by atoms with Crippen LogP contribution in [0.1, 0.15) is 13.3 Å². The summed E-state index contributed by atoms with van der Waals surface area (Å²) >= 11 is 1.00. The number of rotatable bonds is 1. The van der Waals surface area contributed by atoms with E-state index >= 15 is 0 Å². The summed E-state index contributed by atoms with van der Waals surface area (Å²) in [6.45, 7) is 1.60. The van der Waals surface area contributed by atoms with Gasteiger partial charge < -0.3 is 5.11 Å². The summed E-state index contributed by atoms with van der Waals surface area (Å²) in [5.41, 5.74) is 0. The van der Waals surface area contributed by atoms with Crippen molar-refractivity contribution in [1.29, 1.82) is 0 Å². The Morgan fingerprint density at radius 3 is 2.08 bits per heavy atom. The third-order valence-corrected chi connectivity index (χ3v) is 1.98. The van der Waals surface area contributed by atoms with E-state index in [4.69, 9.17) is 5.11 Å². The molecule has 66 valence electrons. The van der Waals surface area contributed by atoms with Crippen LogP contribution < -0.4 is 2.81 Å². The maximum absolute atomic E-state index is 12.1. The number of benzene rings is 1. The first-order valence-electron chi connectivity index (χ1n) is 4.00. The van der Waals surface area contributed by atoms with Crippen LogP contribution in [0.25, 0.3) is 0 Å². The summed E-state index contributed by atoms with van der Waals surface area (Å²) in [5, 5.41) is 7.72. The Labute approximate surface area is 94.2 Å². The predicted molar refractivity (Wildman–Crippen MR) is 49.7 cm³/mol. The first-order chi connectivity index (χ1) is 6.06. The summed E-state index contributed by atoms with van der Waals surface area (Å²) in [6.07, 6.45) is 0.222. The molecule has 2 nitrogen and oxygen atoms in total. The molecule has 0 fully saturated rings. The average Bonchev–Trinajstić information content (AvgIpc) is 2.11. The van der Waals surface area contributed by atoms with Gasteiger partial charge in [-0.05, 0) is 0 Å². The molecule has 13 heavy (non-hydrogen) atoms. The zero-order chi connectivity index (χ0) is 10.3. The van der Waals surface area contributed by atoms with E-state index in [1.54, 1.807) is 6.92 Å². The average molecular weight is 192 g/mol. The molecular weight excluding hydrogens is 182 g/mol. The molecule has 0 amide bonds. The zero-order valence-electron chi connectivity index (χ0n) is 7.75. The summed E-state index contributed by atoms with van der Waals surface area (Å²) in [6, 6.07) is 6.59. The summed E-state index contributed by atoms with van der Waals surface area (Å²) in [5.74, 6) is -0.894. The van der Waals surface area contributed by atoms with E-state index < -0.39 is 5.97 Å². The van der Waals surface area contributed by atoms with E-state index in [0.29, 0.717) is 0 Å². The van der Waals surface area contributed by atoms with E-state index in [1.807, 2.05) is 12.1 Å². The molecule has 0 aliphatic heterocycles. The summed E-state index contributed by atoms with van der Waals surface area (Å²) in [7, 11) is 0. The van der Waals surface area contributed by atoms with E-state index in [1.165, 1.54) is 14.9 Å². The molecule has 0 aliphatic rings. The minimum atomic E-state index is -0.745. The number of hydrogen-bond donors (Lipinski definition) is 1. The van der Waals surface area contributed by atoms with Crippen LogP contribution >= 0.6 is 0 Å². The van der Waals surface area contributed by atoms with E-state index in [-0.39, 0.29) is 12.2 Å². The van der Waals surface area contributed by atoms with Crippen molar-refractivity contribution in [1.82, 2.24) is 0 Å². The quantitative estimate of drug-likeness (QED) is 0.676. The van der Waals surface area contributed by atoms with Crippen LogP contribution in [-0.2, 0) is 4.79 Å². The number of carbonyl (C=O) groups is 1. The Morgan fingerprint density at radius 2 is 1.85 bits per heavy atom. The fraction of sp³-hybridized carbons (Fsp3) is 0.222. The van der Waals surface area contributed by atoms with Gasteiger partial charge in [-0.1, -0.05) is 6.92 Å². The second kappa shape index (κ2) is 7.06. The molecule has 0 atom stereocenters. The van der Waals surface area contributed by atoms with Crippen molar-refractivity contribution in [2.45, 2.75) is 13.3 Å². The zero-order valence-corrected chi connectivity index (χ0v) is 9.75. The number of carboxylic acids is 1. The van der Waals surface area contributed by atoms with Crippen LogP contribution in [0.2, 0.25) is 0 Å². The molecular formula is C9H10FNaO2. The first-order valence-corrected chi connectivity index (χ1v) is 5.00. The SMILES string of the molecule is CCC(=O)O.Fc1cc[c]([Na])cc1. The third-order valence-electron chi connectivity index (χ3n) is 1.31. The van der Waals surface area contributed by atoms with E-state index in [9.17, 15) is 9.18 Å². The van der Waals surface area contributed by atoms with E-state index in [2.05, 4.69) is 0 Å². The van der Waals surface area contributed by atoms with Crippen LogP contribution in [0.4, 0.5) is 4.39 Å². The van der Waals surface area contributed by atoms with Gasteiger partial charge >= 0.3 is 71.2 Å². The Balaban J connectivity index is 0.000000252. The molecule has 1 N–H and O–H groups in total. The van der Waals surface area contributed by atoms with Crippen molar-refractivity contribution in [2.75, 3.05) is 0 Å². The molecule has 0 saturated carbocycles. The fourth-order valence-corrected chi connectivity index (χ4v) is 0.867. The second-order valence-corrected chi connectivity index (χ2v) is 3.70. The minimum absolute atomic E-state index is 0.149. The number of carboxylic acid groups (broad SMARTS) is 1. The Hall–Kier alpha value is -0.380.